The molecule has 0 spiro atoms. The molecule has 0 N–H and O–H groups in total. The number of hydrogen-bond donors (Lipinski definition) is 0. The summed E-state index contributed by atoms with van der Waals surface area (Å²) in [6, 6.07) is 16.8. The predicted molar refractivity (Wildman–Crippen MR) is 99.1 cm³/mol. The maximum atomic E-state index is 13.3. The van der Waals surface area contributed by atoms with Gasteiger partial charge in [0, 0.05) is 16.0 Å². The van der Waals surface area contributed by atoms with Crippen LogP contribution in [0.5, 0.6) is 0 Å². The van der Waals surface area contributed by atoms with E-state index in [1.165, 1.54) is 4.68 Å². The molecule has 2 aromatic carbocycles. The van der Waals surface area contributed by atoms with E-state index >= 15 is 0 Å². The Morgan fingerprint density at radius 1 is 0.963 bits per heavy atom. The Bertz CT molecular complexity index is 1130. The fourth-order valence-electron chi connectivity index (χ4n) is 2.96. The van der Waals surface area contributed by atoms with Crippen LogP contribution in [0.1, 0.15) is 11.3 Å². The first-order valence-electron chi connectivity index (χ1n) is 8.13. The number of halogens is 4. The van der Waals surface area contributed by atoms with Gasteiger partial charge < -0.3 is 0 Å². The summed E-state index contributed by atoms with van der Waals surface area (Å²) >= 11 is 5.91. The number of nitrogens with zero attached hydrogens (tertiary/aromatic N) is 3. The lowest BCUT2D eigenvalue weighted by Gasteiger charge is -2.10. The summed E-state index contributed by atoms with van der Waals surface area (Å²) in [5.74, 6) is 0.326. The van der Waals surface area contributed by atoms with E-state index < -0.39 is 11.9 Å². The van der Waals surface area contributed by atoms with Crippen molar-refractivity contribution in [3.05, 3.63) is 76.9 Å². The average Bonchev–Trinajstić information content (AvgIpc) is 3.08. The zero-order chi connectivity index (χ0) is 19.2. The van der Waals surface area contributed by atoms with Gasteiger partial charge in [0.2, 0.25) is 0 Å². The van der Waals surface area contributed by atoms with E-state index in [2.05, 4.69) is 10.1 Å². The van der Waals surface area contributed by atoms with Gasteiger partial charge in [-0.3, -0.25) is 0 Å². The van der Waals surface area contributed by atoms with E-state index in [1.54, 1.807) is 30.3 Å². The lowest BCUT2D eigenvalue weighted by atomic mass is 10.1. The summed E-state index contributed by atoms with van der Waals surface area (Å²) in [7, 11) is 0. The van der Waals surface area contributed by atoms with Crippen LogP contribution in [0.4, 0.5) is 13.2 Å². The maximum absolute atomic E-state index is 13.3. The number of alkyl halides is 3. The van der Waals surface area contributed by atoms with Gasteiger partial charge in [0.05, 0.1) is 11.2 Å². The fraction of sp³-hybridized carbons (Fsp3) is 0.100. The van der Waals surface area contributed by atoms with Crippen LogP contribution in [-0.4, -0.2) is 14.8 Å². The lowest BCUT2D eigenvalue weighted by molar-refractivity contribution is -0.141. The molecule has 3 nitrogen and oxygen atoms in total. The minimum Gasteiger partial charge on any atom is -0.229 e. The lowest BCUT2D eigenvalue weighted by Crippen LogP contribution is -2.08. The molecule has 0 aliphatic carbocycles. The number of fused-ring (bicyclic) bond motifs is 1. The molecular weight excluding hydrogens is 375 g/mol. The highest BCUT2D eigenvalue weighted by molar-refractivity contribution is 6.30. The second-order valence-electron chi connectivity index (χ2n) is 6.15. The normalized spacial score (nSPS) is 11.9. The van der Waals surface area contributed by atoms with Crippen LogP contribution in [0.25, 0.3) is 28.0 Å². The van der Waals surface area contributed by atoms with Crippen LogP contribution in [0.2, 0.25) is 5.02 Å². The second-order valence-corrected chi connectivity index (χ2v) is 6.58. The third-order valence-corrected chi connectivity index (χ3v) is 4.52. The molecule has 0 radical (unpaired) electrons. The summed E-state index contributed by atoms with van der Waals surface area (Å²) in [5, 5.41) is 5.24. The van der Waals surface area contributed by atoms with Gasteiger partial charge in [-0.15, -0.1) is 0 Å². The maximum Gasteiger partial charge on any atom is 0.435 e. The third-order valence-electron chi connectivity index (χ3n) is 4.27. The van der Waals surface area contributed by atoms with Crippen molar-refractivity contribution < 1.29 is 13.2 Å². The molecule has 4 rings (SSSR count). The van der Waals surface area contributed by atoms with E-state index in [0.29, 0.717) is 27.6 Å². The van der Waals surface area contributed by atoms with Gasteiger partial charge in [-0.25, -0.2) is 9.67 Å². The van der Waals surface area contributed by atoms with Gasteiger partial charge >= 0.3 is 6.18 Å². The molecule has 0 fully saturated rings. The Hall–Kier alpha value is -2.86. The zero-order valence-corrected chi connectivity index (χ0v) is 14.9. The van der Waals surface area contributed by atoms with E-state index in [4.69, 9.17) is 11.6 Å². The molecule has 136 valence electrons. The van der Waals surface area contributed by atoms with Crippen LogP contribution in [0.15, 0.2) is 60.7 Å². The quantitative estimate of drug-likeness (QED) is 0.418. The molecule has 2 heterocycles. The van der Waals surface area contributed by atoms with Crippen molar-refractivity contribution in [1.82, 2.24) is 14.8 Å². The van der Waals surface area contributed by atoms with Gasteiger partial charge in [-0.2, -0.15) is 18.3 Å². The van der Waals surface area contributed by atoms with Crippen LogP contribution in [0.3, 0.4) is 0 Å². The summed E-state index contributed by atoms with van der Waals surface area (Å²) in [4.78, 5) is 4.51. The van der Waals surface area contributed by atoms with Crippen molar-refractivity contribution in [3.63, 3.8) is 0 Å². The topological polar surface area (TPSA) is 30.7 Å². The van der Waals surface area contributed by atoms with Gasteiger partial charge in [0.25, 0.3) is 0 Å². The van der Waals surface area contributed by atoms with Gasteiger partial charge in [0.1, 0.15) is 0 Å². The molecular formula is C20H13ClF3N3. The van der Waals surface area contributed by atoms with Gasteiger partial charge in [0.15, 0.2) is 11.5 Å². The SMILES string of the molecule is Cc1cc(-n2nc(C(F)(F)F)cc2-c2ccc(Cl)cc2)nc2ccccc12. The molecule has 7 heteroatoms. The monoisotopic (exact) mass is 387 g/mol. The van der Waals surface area contributed by atoms with Crippen molar-refractivity contribution in [3.8, 4) is 17.1 Å². The molecule has 27 heavy (non-hydrogen) atoms. The van der Waals surface area contributed by atoms with Crippen LogP contribution in [-0.2, 0) is 6.18 Å². The van der Waals surface area contributed by atoms with Crippen molar-refractivity contribution in [2.24, 2.45) is 0 Å². The second kappa shape index (κ2) is 6.39. The fourth-order valence-corrected chi connectivity index (χ4v) is 3.09. The van der Waals surface area contributed by atoms with E-state index in [-0.39, 0.29) is 0 Å². The Balaban J connectivity index is 1.96. The average molecular weight is 388 g/mol. The van der Waals surface area contributed by atoms with Crippen molar-refractivity contribution in [1.29, 1.82) is 0 Å². The highest BCUT2D eigenvalue weighted by Gasteiger charge is 2.35. The molecule has 0 bridgehead atoms. The highest BCUT2D eigenvalue weighted by Crippen LogP contribution is 2.33. The molecule has 0 aliphatic heterocycles. The number of pyridine rings is 1. The Labute approximate surface area is 158 Å². The van der Waals surface area contributed by atoms with Crippen LogP contribution >= 0.6 is 11.6 Å². The first-order chi connectivity index (χ1) is 12.8. The molecule has 0 atom stereocenters. The standard InChI is InChI=1S/C20H13ClF3N3/c1-12-10-19(25-16-5-3-2-4-15(12)16)27-17(11-18(26-27)20(22,23)24)13-6-8-14(21)9-7-13/h2-11H,1H3. The number of hydrogen-bond acceptors (Lipinski definition) is 2. The number of para-hydroxylation sites is 1. The van der Waals surface area contributed by atoms with Gasteiger partial charge in [-0.1, -0.05) is 41.9 Å². The summed E-state index contributed by atoms with van der Waals surface area (Å²) in [6.07, 6.45) is -4.56. The first kappa shape index (κ1) is 17.5. The van der Waals surface area contributed by atoms with E-state index in [0.717, 1.165) is 17.0 Å². The third kappa shape index (κ3) is 3.28. The molecule has 0 unspecified atom stereocenters. The predicted octanol–water partition coefficient (Wildman–Crippen LogP) is 6.07. The zero-order valence-electron chi connectivity index (χ0n) is 14.1. The molecule has 4 aromatic rings. The van der Waals surface area contributed by atoms with Crippen molar-refractivity contribution >= 4 is 22.5 Å². The van der Waals surface area contributed by atoms with E-state index in [9.17, 15) is 13.2 Å². The van der Waals surface area contributed by atoms with Crippen molar-refractivity contribution in [2.75, 3.05) is 0 Å². The Kier molecular flexibility index (Phi) is 4.15. The number of rotatable bonds is 2. The van der Waals surface area contributed by atoms with Crippen LogP contribution in [0, 0.1) is 6.92 Å². The Morgan fingerprint density at radius 3 is 2.37 bits per heavy atom. The van der Waals surface area contributed by atoms with Gasteiger partial charge in [-0.05, 0) is 42.8 Å². The van der Waals surface area contributed by atoms with E-state index in [1.807, 2.05) is 31.2 Å². The molecule has 0 amide bonds. The summed E-state index contributed by atoms with van der Waals surface area (Å²) < 4.78 is 41.1. The minimum absolute atomic E-state index is 0.293. The largest absolute Gasteiger partial charge is 0.435 e. The summed E-state index contributed by atoms with van der Waals surface area (Å²) in [5.41, 5.74) is 1.48. The summed E-state index contributed by atoms with van der Waals surface area (Å²) in [6.45, 7) is 1.89. The number of benzene rings is 2. The minimum atomic E-state index is -4.56. The Morgan fingerprint density at radius 2 is 1.67 bits per heavy atom. The number of aryl methyl sites for hydroxylation is 1. The molecule has 0 saturated heterocycles. The highest BCUT2D eigenvalue weighted by atomic mass is 35.5. The first-order valence-corrected chi connectivity index (χ1v) is 8.51. The smallest absolute Gasteiger partial charge is 0.229 e. The molecule has 0 aliphatic rings. The number of aromatic nitrogens is 3. The van der Waals surface area contributed by atoms with Crippen molar-refractivity contribution in [2.45, 2.75) is 13.1 Å². The molecule has 0 saturated carbocycles. The van der Waals surface area contributed by atoms with Crippen LogP contribution < -0.4 is 0 Å². The molecule has 2 aromatic heterocycles.